The van der Waals surface area contributed by atoms with Crippen molar-refractivity contribution in [3.05, 3.63) is 30.2 Å². The van der Waals surface area contributed by atoms with Crippen molar-refractivity contribution in [2.45, 2.75) is 13.8 Å². The van der Waals surface area contributed by atoms with Gasteiger partial charge in [-0.2, -0.15) is 0 Å². The molecule has 0 radical (unpaired) electrons. The van der Waals surface area contributed by atoms with Gasteiger partial charge in [-0.25, -0.2) is 0 Å². The SMILES string of the molecule is C/C=C(/C(C)=O)c1ccco1. The second-order valence-corrected chi connectivity index (χ2v) is 2.24. The Morgan fingerprint density at radius 1 is 1.64 bits per heavy atom. The molecule has 0 amide bonds. The van der Waals surface area contributed by atoms with Crippen LogP contribution in [0.2, 0.25) is 0 Å². The molecule has 0 aliphatic heterocycles. The third kappa shape index (κ3) is 1.58. The van der Waals surface area contributed by atoms with Gasteiger partial charge in [0.2, 0.25) is 0 Å². The van der Waals surface area contributed by atoms with Crippen LogP contribution in [-0.4, -0.2) is 5.78 Å². The van der Waals surface area contributed by atoms with E-state index in [1.54, 1.807) is 24.5 Å². The second-order valence-electron chi connectivity index (χ2n) is 2.24. The first kappa shape index (κ1) is 7.79. The van der Waals surface area contributed by atoms with Gasteiger partial charge >= 0.3 is 0 Å². The molecule has 0 bridgehead atoms. The Balaban J connectivity index is 2.99. The molecule has 0 aliphatic carbocycles. The molecule has 1 aromatic rings. The maximum atomic E-state index is 10.9. The largest absolute Gasteiger partial charge is 0.464 e. The summed E-state index contributed by atoms with van der Waals surface area (Å²) in [5.74, 6) is 0.669. The lowest BCUT2D eigenvalue weighted by Gasteiger charge is -1.95. The van der Waals surface area contributed by atoms with Gasteiger partial charge in [0.1, 0.15) is 5.76 Å². The van der Waals surface area contributed by atoms with Gasteiger partial charge in [0.05, 0.1) is 11.8 Å². The van der Waals surface area contributed by atoms with Crippen LogP contribution in [0.15, 0.2) is 28.9 Å². The molecule has 58 valence electrons. The molecule has 1 aromatic heterocycles. The fourth-order valence-corrected chi connectivity index (χ4v) is 0.951. The first-order valence-electron chi connectivity index (χ1n) is 3.47. The number of allylic oxidation sites excluding steroid dienone is 2. The molecular weight excluding hydrogens is 140 g/mol. The van der Waals surface area contributed by atoms with Crippen molar-refractivity contribution in [2.24, 2.45) is 0 Å². The zero-order valence-corrected chi connectivity index (χ0v) is 6.63. The number of carbonyl (C=O) groups is 1. The zero-order chi connectivity index (χ0) is 8.27. The third-order valence-corrected chi connectivity index (χ3v) is 1.45. The Hall–Kier alpha value is -1.31. The summed E-state index contributed by atoms with van der Waals surface area (Å²) in [4.78, 5) is 10.9. The van der Waals surface area contributed by atoms with E-state index in [1.165, 1.54) is 6.92 Å². The molecule has 2 nitrogen and oxygen atoms in total. The van der Waals surface area contributed by atoms with Gasteiger partial charge in [0.25, 0.3) is 0 Å². The van der Waals surface area contributed by atoms with Crippen LogP contribution in [0.5, 0.6) is 0 Å². The van der Waals surface area contributed by atoms with Crippen molar-refractivity contribution in [1.29, 1.82) is 0 Å². The molecule has 1 heterocycles. The van der Waals surface area contributed by atoms with E-state index in [-0.39, 0.29) is 5.78 Å². The van der Waals surface area contributed by atoms with E-state index < -0.39 is 0 Å². The van der Waals surface area contributed by atoms with E-state index >= 15 is 0 Å². The molecule has 1 rings (SSSR count). The van der Waals surface area contributed by atoms with Crippen molar-refractivity contribution < 1.29 is 9.21 Å². The van der Waals surface area contributed by atoms with Crippen molar-refractivity contribution in [3.8, 4) is 0 Å². The number of ketones is 1. The van der Waals surface area contributed by atoms with Crippen LogP contribution in [0.25, 0.3) is 5.57 Å². The number of furan rings is 1. The second kappa shape index (κ2) is 3.19. The van der Waals surface area contributed by atoms with Crippen LogP contribution in [0, 0.1) is 0 Å². The van der Waals surface area contributed by atoms with Gasteiger partial charge in [0.15, 0.2) is 5.78 Å². The highest BCUT2D eigenvalue weighted by molar-refractivity contribution is 6.18. The molecule has 0 fully saturated rings. The van der Waals surface area contributed by atoms with Crippen molar-refractivity contribution in [2.75, 3.05) is 0 Å². The first-order chi connectivity index (χ1) is 5.25. The summed E-state index contributed by atoms with van der Waals surface area (Å²) in [6, 6.07) is 3.54. The van der Waals surface area contributed by atoms with Gasteiger partial charge in [0, 0.05) is 0 Å². The van der Waals surface area contributed by atoms with Gasteiger partial charge in [-0.1, -0.05) is 6.08 Å². The summed E-state index contributed by atoms with van der Waals surface area (Å²) in [6.45, 7) is 3.34. The van der Waals surface area contributed by atoms with E-state index in [0.717, 1.165) is 0 Å². The predicted molar refractivity (Wildman–Crippen MR) is 43.0 cm³/mol. The van der Waals surface area contributed by atoms with Crippen LogP contribution in [0.4, 0.5) is 0 Å². The zero-order valence-electron chi connectivity index (χ0n) is 6.63. The van der Waals surface area contributed by atoms with E-state index in [2.05, 4.69) is 0 Å². The summed E-state index contributed by atoms with van der Waals surface area (Å²) >= 11 is 0. The molecule has 0 spiro atoms. The monoisotopic (exact) mass is 150 g/mol. The van der Waals surface area contributed by atoms with Gasteiger partial charge in [-0.3, -0.25) is 4.79 Å². The topological polar surface area (TPSA) is 30.2 Å². The smallest absolute Gasteiger partial charge is 0.163 e. The molecule has 0 atom stereocenters. The predicted octanol–water partition coefficient (Wildman–Crippen LogP) is 2.27. The molecule has 0 saturated heterocycles. The van der Waals surface area contributed by atoms with Crippen molar-refractivity contribution in [1.82, 2.24) is 0 Å². The molecule has 0 N–H and O–H groups in total. The van der Waals surface area contributed by atoms with Crippen molar-refractivity contribution in [3.63, 3.8) is 0 Å². The average Bonchev–Trinajstić information content (AvgIpc) is 2.40. The van der Waals surface area contributed by atoms with Crippen LogP contribution < -0.4 is 0 Å². The Morgan fingerprint density at radius 3 is 2.73 bits per heavy atom. The lowest BCUT2D eigenvalue weighted by Crippen LogP contribution is -1.93. The van der Waals surface area contributed by atoms with Crippen LogP contribution in [0.1, 0.15) is 19.6 Å². The van der Waals surface area contributed by atoms with E-state index in [1.807, 2.05) is 6.92 Å². The van der Waals surface area contributed by atoms with E-state index in [4.69, 9.17) is 4.42 Å². The Bertz CT molecular complexity index is 268. The maximum absolute atomic E-state index is 10.9. The minimum atomic E-state index is 0.0300. The fraction of sp³-hybridized carbons (Fsp3) is 0.222. The van der Waals surface area contributed by atoms with E-state index in [9.17, 15) is 4.79 Å². The molecular formula is C9H10O2. The van der Waals surface area contributed by atoms with Gasteiger partial charge in [-0.05, 0) is 26.0 Å². The van der Waals surface area contributed by atoms with Crippen LogP contribution in [0.3, 0.4) is 0 Å². The molecule has 0 unspecified atom stereocenters. The first-order valence-corrected chi connectivity index (χ1v) is 3.47. The summed E-state index contributed by atoms with van der Waals surface area (Å²) < 4.78 is 5.06. The Kier molecular flexibility index (Phi) is 2.26. The lowest BCUT2D eigenvalue weighted by molar-refractivity contribution is -0.111. The lowest BCUT2D eigenvalue weighted by atomic mass is 10.1. The number of rotatable bonds is 2. The Morgan fingerprint density at radius 2 is 2.36 bits per heavy atom. The van der Waals surface area contributed by atoms with Gasteiger partial charge in [-0.15, -0.1) is 0 Å². The summed E-state index contributed by atoms with van der Waals surface area (Å²) in [5.41, 5.74) is 0.634. The molecule has 11 heavy (non-hydrogen) atoms. The number of Topliss-reactive ketones (excluding diaryl/α,β-unsaturated/α-hetero) is 1. The normalized spacial score (nSPS) is 11.6. The minimum Gasteiger partial charge on any atom is -0.464 e. The quantitative estimate of drug-likeness (QED) is 0.605. The molecule has 0 aromatic carbocycles. The standard InChI is InChI=1S/C9H10O2/c1-3-8(7(2)10)9-5-4-6-11-9/h3-6H,1-2H3/b8-3-. The van der Waals surface area contributed by atoms with Crippen molar-refractivity contribution >= 4 is 11.4 Å². The molecule has 2 heteroatoms. The summed E-state index contributed by atoms with van der Waals surface area (Å²) in [5, 5.41) is 0. The third-order valence-electron chi connectivity index (χ3n) is 1.45. The van der Waals surface area contributed by atoms with Crippen LogP contribution >= 0.6 is 0 Å². The molecule has 0 aliphatic rings. The highest BCUT2D eigenvalue weighted by Gasteiger charge is 2.07. The highest BCUT2D eigenvalue weighted by Crippen LogP contribution is 2.14. The Labute approximate surface area is 65.5 Å². The minimum absolute atomic E-state index is 0.0300. The summed E-state index contributed by atoms with van der Waals surface area (Å²) in [7, 11) is 0. The average molecular weight is 150 g/mol. The maximum Gasteiger partial charge on any atom is 0.163 e. The summed E-state index contributed by atoms with van der Waals surface area (Å²) in [6.07, 6.45) is 3.31. The highest BCUT2D eigenvalue weighted by atomic mass is 16.3. The fourth-order valence-electron chi connectivity index (χ4n) is 0.951. The van der Waals surface area contributed by atoms with Gasteiger partial charge < -0.3 is 4.42 Å². The number of hydrogen-bond acceptors (Lipinski definition) is 2. The molecule has 0 saturated carbocycles. The van der Waals surface area contributed by atoms with Crippen LogP contribution in [-0.2, 0) is 4.79 Å². The number of carbonyl (C=O) groups excluding carboxylic acids is 1. The van der Waals surface area contributed by atoms with E-state index in [0.29, 0.717) is 11.3 Å². The number of hydrogen-bond donors (Lipinski definition) is 0.